The Morgan fingerprint density at radius 2 is 1.36 bits per heavy atom. The second-order valence-corrected chi connectivity index (χ2v) is 10.2. The summed E-state index contributed by atoms with van der Waals surface area (Å²) in [5.74, 6) is 0. The molecule has 132 valence electrons. The van der Waals surface area contributed by atoms with Gasteiger partial charge in [0.1, 0.15) is 4.38 Å². The summed E-state index contributed by atoms with van der Waals surface area (Å²) in [6.45, 7) is 5.04. The molecule has 0 spiro atoms. The van der Waals surface area contributed by atoms with Crippen LogP contribution in [0.5, 0.6) is 0 Å². The fourth-order valence-corrected chi connectivity index (χ4v) is 5.31. The van der Waals surface area contributed by atoms with E-state index < -0.39 is 14.7 Å². The van der Waals surface area contributed by atoms with Gasteiger partial charge < -0.3 is 0 Å². The van der Waals surface area contributed by atoms with Gasteiger partial charge in [0.2, 0.25) is 0 Å². The van der Waals surface area contributed by atoms with Crippen molar-refractivity contribution >= 4 is 53.8 Å². The van der Waals surface area contributed by atoms with Crippen molar-refractivity contribution < 1.29 is 27.2 Å². The first-order valence-electron chi connectivity index (χ1n) is 6.66. The lowest BCUT2D eigenvalue weighted by molar-refractivity contribution is 0.221. The highest BCUT2D eigenvalue weighted by Gasteiger charge is 2.26. The van der Waals surface area contributed by atoms with Crippen molar-refractivity contribution in [2.24, 2.45) is 4.76 Å². The number of nitrogens with zero attached hydrogens (tertiary/aromatic N) is 1. The average molecular weight is 414 g/mol. The topological polar surface area (TPSA) is 83.4 Å². The van der Waals surface area contributed by atoms with Crippen LogP contribution in [0, 0.1) is 0 Å². The maximum atomic E-state index is 11.8. The van der Waals surface area contributed by atoms with Crippen LogP contribution in [-0.2, 0) is 27.2 Å². The van der Waals surface area contributed by atoms with Gasteiger partial charge in [0.25, 0.3) is 0 Å². The fraction of sp³-hybridized carbons (Fsp3) is 0.900. The number of hydrogen-bond donors (Lipinski definition) is 0. The molecule has 1 rings (SSSR count). The minimum Gasteiger partial charge on any atom is -0.297 e. The molecule has 1 fully saturated rings. The lowest BCUT2D eigenvalue weighted by Gasteiger charge is -2.17. The zero-order valence-electron chi connectivity index (χ0n) is 13.0. The molecule has 12 heteroatoms. The summed E-state index contributed by atoms with van der Waals surface area (Å²) in [5, 5.41) is 0.969. The third kappa shape index (κ3) is 10.7. The lowest BCUT2D eigenvalue weighted by atomic mass is 10.9. The van der Waals surface area contributed by atoms with Crippen LogP contribution in [0.25, 0.3) is 0 Å². The van der Waals surface area contributed by atoms with Crippen LogP contribution < -0.4 is 0 Å². The summed E-state index contributed by atoms with van der Waals surface area (Å²) in [6.07, 6.45) is 0. The zero-order valence-corrected chi connectivity index (χ0v) is 17.2. The van der Waals surface area contributed by atoms with E-state index in [0.717, 1.165) is 9.46 Å². The average Bonchev–Trinajstić information content (AvgIpc) is 2.35. The molecular weight excluding hydrogens is 392 g/mol. The number of hydrogen-bond acceptors (Lipinski definition) is 8. The molecule has 0 aromatic rings. The molecule has 0 N–H and O–H groups in total. The van der Waals surface area contributed by atoms with Gasteiger partial charge in [0, 0.05) is 11.2 Å². The van der Waals surface area contributed by atoms with E-state index in [4.69, 9.17) is 20.3 Å². The van der Waals surface area contributed by atoms with Crippen LogP contribution in [0.2, 0.25) is 0 Å². The third-order valence-corrected chi connectivity index (χ3v) is 7.65. The lowest BCUT2D eigenvalue weighted by Crippen LogP contribution is -2.01. The summed E-state index contributed by atoms with van der Waals surface area (Å²) in [5.41, 5.74) is 0. The van der Waals surface area contributed by atoms with Crippen molar-refractivity contribution in [2.75, 3.05) is 31.5 Å². The Kier molecular flexibility index (Phi) is 12.9. The summed E-state index contributed by atoms with van der Waals surface area (Å²) in [4.78, 5) is 0. The van der Waals surface area contributed by atoms with Gasteiger partial charge >= 0.3 is 14.7 Å². The SMILES string of the molecule is CCOP(=O)(Cl)OCC.CCOP(=O)(N=C1SCS1)OCC. The summed E-state index contributed by atoms with van der Waals surface area (Å²) in [6, 6.07) is 0. The van der Waals surface area contributed by atoms with Gasteiger partial charge in [0.05, 0.1) is 31.5 Å². The van der Waals surface area contributed by atoms with E-state index in [-0.39, 0.29) is 0 Å². The van der Waals surface area contributed by atoms with Crippen molar-refractivity contribution in [3.63, 3.8) is 0 Å². The van der Waals surface area contributed by atoms with E-state index in [1.807, 2.05) is 0 Å². The van der Waals surface area contributed by atoms with Crippen LogP contribution in [0.3, 0.4) is 0 Å². The van der Waals surface area contributed by atoms with Crippen LogP contribution in [0.4, 0.5) is 0 Å². The number of rotatable bonds is 9. The van der Waals surface area contributed by atoms with Crippen molar-refractivity contribution in [1.82, 2.24) is 0 Å². The molecule has 0 unspecified atom stereocenters. The van der Waals surface area contributed by atoms with E-state index in [9.17, 15) is 9.13 Å². The molecule has 22 heavy (non-hydrogen) atoms. The molecule has 0 aromatic carbocycles. The first-order valence-corrected chi connectivity index (χ1v) is 12.6. The molecule has 7 nitrogen and oxygen atoms in total. The second kappa shape index (κ2) is 12.3. The molecule has 0 saturated carbocycles. The van der Waals surface area contributed by atoms with Gasteiger partial charge in [-0.2, -0.15) is 4.76 Å². The normalized spacial score (nSPS) is 14.9. The molecule has 1 saturated heterocycles. The Bertz CT molecular complexity index is 414. The molecule has 0 atom stereocenters. The molecule has 1 aliphatic rings. The Morgan fingerprint density at radius 3 is 1.64 bits per heavy atom. The van der Waals surface area contributed by atoms with Gasteiger partial charge in [-0.1, -0.05) is 23.5 Å². The third-order valence-electron chi connectivity index (χ3n) is 1.72. The predicted molar refractivity (Wildman–Crippen MR) is 95.1 cm³/mol. The van der Waals surface area contributed by atoms with Crippen LogP contribution >= 0.6 is 49.5 Å². The predicted octanol–water partition coefficient (Wildman–Crippen LogP) is 5.37. The van der Waals surface area contributed by atoms with Gasteiger partial charge in [-0.05, 0) is 27.7 Å². The Labute approximate surface area is 145 Å². The van der Waals surface area contributed by atoms with Crippen LogP contribution in [-0.4, -0.2) is 35.9 Å². The first kappa shape index (κ1) is 23.0. The number of halogens is 1. The van der Waals surface area contributed by atoms with Crippen molar-refractivity contribution in [3.8, 4) is 0 Å². The highest BCUT2D eigenvalue weighted by Crippen LogP contribution is 2.53. The molecule has 0 aliphatic carbocycles. The highest BCUT2D eigenvalue weighted by atomic mass is 35.7. The van der Waals surface area contributed by atoms with E-state index in [1.165, 1.54) is 0 Å². The molecule has 0 radical (unpaired) electrons. The zero-order chi connectivity index (χ0) is 17.1. The first-order chi connectivity index (χ1) is 10.3. The standard InChI is InChI=1S/C6H12NO3PS2.C4H10ClO3P/c1-3-9-11(8,10-4-2)7-6-12-5-13-6;1-3-7-9(5,6)8-4-2/h3-5H2,1-2H3;3-4H2,1-2H3. The second-order valence-electron chi connectivity index (χ2n) is 3.34. The largest absolute Gasteiger partial charge is 0.455 e. The molecular formula is C10H22ClNO6P2S2. The van der Waals surface area contributed by atoms with Crippen LogP contribution in [0.1, 0.15) is 27.7 Å². The van der Waals surface area contributed by atoms with Crippen LogP contribution in [0.15, 0.2) is 4.76 Å². The van der Waals surface area contributed by atoms with E-state index >= 15 is 0 Å². The smallest absolute Gasteiger partial charge is 0.297 e. The van der Waals surface area contributed by atoms with E-state index in [2.05, 4.69) is 13.8 Å². The molecule has 1 heterocycles. The highest BCUT2D eigenvalue weighted by molar-refractivity contribution is 8.52. The summed E-state index contributed by atoms with van der Waals surface area (Å²) >= 11 is 8.38. The fourth-order valence-electron chi connectivity index (χ4n) is 1.04. The molecule has 1 aliphatic heterocycles. The summed E-state index contributed by atoms with van der Waals surface area (Å²) in [7, 11) is -3.19. The van der Waals surface area contributed by atoms with Crippen molar-refractivity contribution in [3.05, 3.63) is 0 Å². The molecule has 0 bridgehead atoms. The monoisotopic (exact) mass is 413 g/mol. The van der Waals surface area contributed by atoms with Gasteiger partial charge in [-0.15, -0.1) is 0 Å². The maximum Gasteiger partial charge on any atom is 0.455 e. The Balaban J connectivity index is 0.000000433. The number of thioether (sulfide) groups is 2. The van der Waals surface area contributed by atoms with Gasteiger partial charge in [-0.25, -0.2) is 9.13 Å². The summed E-state index contributed by atoms with van der Waals surface area (Å²) < 4.78 is 46.4. The minimum atomic E-state index is -3.22. The van der Waals surface area contributed by atoms with Gasteiger partial charge in [-0.3, -0.25) is 18.1 Å². The van der Waals surface area contributed by atoms with E-state index in [1.54, 1.807) is 51.2 Å². The quantitative estimate of drug-likeness (QED) is 0.466. The van der Waals surface area contributed by atoms with Crippen molar-refractivity contribution in [2.45, 2.75) is 27.7 Å². The molecule has 0 aromatic heterocycles. The maximum absolute atomic E-state index is 11.8. The van der Waals surface area contributed by atoms with Gasteiger partial charge in [0.15, 0.2) is 0 Å². The molecule has 0 amide bonds. The van der Waals surface area contributed by atoms with E-state index in [0.29, 0.717) is 26.4 Å². The Hall–Kier alpha value is 0.960. The van der Waals surface area contributed by atoms with Crippen molar-refractivity contribution in [1.29, 1.82) is 0 Å². The minimum absolute atomic E-state index is 0.306. The Morgan fingerprint density at radius 1 is 0.955 bits per heavy atom.